The number of anilines is 2. The lowest BCUT2D eigenvalue weighted by atomic mass is 10.2. The number of nitrogens with zero attached hydrogens (tertiary/aromatic N) is 1. The first-order valence-electron chi connectivity index (χ1n) is 7.20. The SMILES string of the molecule is CC(Nc1cc(NC(=O)OC(C)(C)C)ccc1F)c1nccs1. The number of hydrogen-bond donors (Lipinski definition) is 2. The molecule has 2 aromatic rings. The molecule has 7 heteroatoms. The molecule has 124 valence electrons. The molecule has 0 aliphatic carbocycles. The van der Waals surface area contributed by atoms with Gasteiger partial charge in [0.05, 0.1) is 11.7 Å². The summed E-state index contributed by atoms with van der Waals surface area (Å²) in [6.45, 7) is 7.23. The number of carbonyl (C=O) groups excluding carboxylic acids is 1. The van der Waals surface area contributed by atoms with E-state index in [-0.39, 0.29) is 6.04 Å². The summed E-state index contributed by atoms with van der Waals surface area (Å²) in [4.78, 5) is 16.0. The number of aromatic nitrogens is 1. The van der Waals surface area contributed by atoms with Gasteiger partial charge in [0.25, 0.3) is 0 Å². The normalized spacial score (nSPS) is 12.6. The maximum atomic E-state index is 14.0. The maximum absolute atomic E-state index is 14.0. The zero-order valence-corrected chi connectivity index (χ0v) is 14.3. The fourth-order valence-electron chi connectivity index (χ4n) is 1.88. The molecule has 1 amide bonds. The molecule has 0 fully saturated rings. The van der Waals surface area contributed by atoms with Crippen LogP contribution in [-0.2, 0) is 4.74 Å². The Kier molecular flexibility index (Phi) is 5.20. The Morgan fingerprint density at radius 1 is 1.39 bits per heavy atom. The van der Waals surface area contributed by atoms with Crippen LogP contribution in [-0.4, -0.2) is 16.7 Å². The zero-order chi connectivity index (χ0) is 17.0. The Morgan fingerprint density at radius 3 is 2.74 bits per heavy atom. The second-order valence-electron chi connectivity index (χ2n) is 6.06. The van der Waals surface area contributed by atoms with Crippen LogP contribution in [0.15, 0.2) is 29.8 Å². The minimum Gasteiger partial charge on any atom is -0.444 e. The number of nitrogens with one attached hydrogen (secondary N) is 2. The van der Waals surface area contributed by atoms with Crippen LogP contribution in [0.3, 0.4) is 0 Å². The molecule has 1 heterocycles. The largest absolute Gasteiger partial charge is 0.444 e. The number of rotatable bonds is 4. The molecule has 0 spiro atoms. The number of amides is 1. The molecule has 2 rings (SSSR count). The summed E-state index contributed by atoms with van der Waals surface area (Å²) < 4.78 is 19.1. The highest BCUT2D eigenvalue weighted by atomic mass is 32.1. The van der Waals surface area contributed by atoms with E-state index < -0.39 is 17.5 Å². The number of ether oxygens (including phenoxy) is 1. The molecule has 1 unspecified atom stereocenters. The van der Waals surface area contributed by atoms with Gasteiger partial charge in [-0.25, -0.2) is 14.2 Å². The number of benzene rings is 1. The van der Waals surface area contributed by atoms with Crippen LogP contribution in [0.4, 0.5) is 20.6 Å². The van der Waals surface area contributed by atoms with Crippen molar-refractivity contribution in [3.8, 4) is 0 Å². The van der Waals surface area contributed by atoms with Crippen LogP contribution in [0.2, 0.25) is 0 Å². The van der Waals surface area contributed by atoms with Crippen molar-refractivity contribution in [3.05, 3.63) is 40.6 Å². The molecule has 0 bridgehead atoms. The van der Waals surface area contributed by atoms with E-state index in [1.165, 1.54) is 29.5 Å². The predicted molar refractivity (Wildman–Crippen MR) is 90.4 cm³/mol. The van der Waals surface area contributed by atoms with Crippen LogP contribution >= 0.6 is 11.3 Å². The Hall–Kier alpha value is -2.15. The van der Waals surface area contributed by atoms with Crippen LogP contribution < -0.4 is 10.6 Å². The first-order valence-corrected chi connectivity index (χ1v) is 8.08. The van der Waals surface area contributed by atoms with Gasteiger partial charge in [-0.1, -0.05) is 0 Å². The zero-order valence-electron chi connectivity index (χ0n) is 13.5. The standard InChI is InChI=1S/C16H20FN3O2S/c1-10(14-18-7-8-23-14)19-13-9-11(5-6-12(13)17)20-15(21)22-16(2,3)4/h5-10,19H,1-4H3,(H,20,21). The van der Waals surface area contributed by atoms with Gasteiger partial charge in [-0.05, 0) is 45.9 Å². The van der Waals surface area contributed by atoms with E-state index >= 15 is 0 Å². The summed E-state index contributed by atoms with van der Waals surface area (Å²) in [5, 5.41) is 8.37. The molecule has 5 nitrogen and oxygen atoms in total. The van der Waals surface area contributed by atoms with Crippen molar-refractivity contribution in [2.45, 2.75) is 39.3 Å². The molecular formula is C16H20FN3O2S. The number of halogens is 1. The topological polar surface area (TPSA) is 63.2 Å². The minimum absolute atomic E-state index is 0.138. The average molecular weight is 337 g/mol. The van der Waals surface area contributed by atoms with Crippen LogP contribution in [0.1, 0.15) is 38.7 Å². The molecule has 0 aliphatic heterocycles. The number of thiazole rings is 1. The van der Waals surface area contributed by atoms with Gasteiger partial charge < -0.3 is 10.1 Å². The van der Waals surface area contributed by atoms with Crippen LogP contribution in [0.5, 0.6) is 0 Å². The minimum atomic E-state index is -0.593. The smallest absolute Gasteiger partial charge is 0.412 e. The van der Waals surface area contributed by atoms with Crippen LogP contribution in [0.25, 0.3) is 0 Å². The van der Waals surface area contributed by atoms with E-state index in [0.29, 0.717) is 11.4 Å². The Labute approximate surface area is 138 Å². The molecule has 0 saturated carbocycles. The molecule has 23 heavy (non-hydrogen) atoms. The predicted octanol–water partition coefficient (Wildman–Crippen LogP) is 4.80. The maximum Gasteiger partial charge on any atom is 0.412 e. The summed E-state index contributed by atoms with van der Waals surface area (Å²) in [5.74, 6) is -0.400. The Bertz CT molecular complexity index is 668. The summed E-state index contributed by atoms with van der Waals surface area (Å²) in [5.41, 5.74) is 0.153. The van der Waals surface area contributed by atoms with Crippen molar-refractivity contribution in [2.75, 3.05) is 10.6 Å². The van der Waals surface area contributed by atoms with Crippen molar-refractivity contribution in [1.82, 2.24) is 4.98 Å². The van der Waals surface area contributed by atoms with Gasteiger partial charge in [-0.15, -0.1) is 11.3 Å². The summed E-state index contributed by atoms with van der Waals surface area (Å²) >= 11 is 1.49. The second-order valence-corrected chi connectivity index (χ2v) is 6.98. The molecular weight excluding hydrogens is 317 g/mol. The van der Waals surface area contributed by atoms with E-state index in [4.69, 9.17) is 4.74 Å². The molecule has 0 radical (unpaired) electrons. The molecule has 1 aromatic heterocycles. The van der Waals surface area contributed by atoms with E-state index in [1.54, 1.807) is 27.0 Å². The average Bonchev–Trinajstić information content (AvgIpc) is 2.94. The van der Waals surface area contributed by atoms with Gasteiger partial charge in [-0.3, -0.25) is 5.32 Å². The van der Waals surface area contributed by atoms with E-state index in [1.807, 2.05) is 12.3 Å². The lowest BCUT2D eigenvalue weighted by Crippen LogP contribution is -2.27. The van der Waals surface area contributed by atoms with Gasteiger partial charge in [0, 0.05) is 17.3 Å². The van der Waals surface area contributed by atoms with Crippen LogP contribution in [0, 0.1) is 5.82 Å². The quantitative estimate of drug-likeness (QED) is 0.841. The fraction of sp³-hybridized carbons (Fsp3) is 0.375. The molecule has 1 aromatic carbocycles. The first-order chi connectivity index (χ1) is 10.7. The second kappa shape index (κ2) is 6.95. The van der Waals surface area contributed by atoms with Gasteiger partial charge in [0.15, 0.2) is 0 Å². The van der Waals surface area contributed by atoms with Gasteiger partial charge in [-0.2, -0.15) is 0 Å². The van der Waals surface area contributed by atoms with E-state index in [0.717, 1.165) is 5.01 Å². The number of carbonyl (C=O) groups is 1. The Balaban J connectivity index is 2.08. The van der Waals surface area contributed by atoms with Gasteiger partial charge in [0.1, 0.15) is 16.4 Å². The van der Waals surface area contributed by atoms with E-state index in [2.05, 4.69) is 15.6 Å². The van der Waals surface area contributed by atoms with Crippen molar-refractivity contribution in [2.24, 2.45) is 0 Å². The van der Waals surface area contributed by atoms with Gasteiger partial charge >= 0.3 is 6.09 Å². The lowest BCUT2D eigenvalue weighted by Gasteiger charge is -2.20. The van der Waals surface area contributed by atoms with Crippen molar-refractivity contribution in [1.29, 1.82) is 0 Å². The molecule has 2 N–H and O–H groups in total. The summed E-state index contributed by atoms with van der Waals surface area (Å²) in [7, 11) is 0. The lowest BCUT2D eigenvalue weighted by molar-refractivity contribution is 0.0636. The Morgan fingerprint density at radius 2 is 2.13 bits per heavy atom. The van der Waals surface area contributed by atoms with E-state index in [9.17, 15) is 9.18 Å². The molecule has 1 atom stereocenters. The number of hydrogen-bond acceptors (Lipinski definition) is 5. The third-order valence-corrected chi connectivity index (χ3v) is 3.76. The summed E-state index contributed by atoms with van der Waals surface area (Å²) in [6, 6.07) is 4.17. The summed E-state index contributed by atoms with van der Waals surface area (Å²) in [6.07, 6.45) is 1.12. The third-order valence-electron chi connectivity index (χ3n) is 2.81. The monoisotopic (exact) mass is 337 g/mol. The molecule has 0 aliphatic rings. The highest BCUT2D eigenvalue weighted by Gasteiger charge is 2.17. The van der Waals surface area contributed by atoms with Gasteiger partial charge in [0.2, 0.25) is 0 Å². The third kappa shape index (κ3) is 5.21. The fourth-order valence-corrected chi connectivity index (χ4v) is 2.52. The van der Waals surface area contributed by atoms with Crippen molar-refractivity contribution in [3.63, 3.8) is 0 Å². The first kappa shape index (κ1) is 17.2. The van der Waals surface area contributed by atoms with Crippen molar-refractivity contribution < 1.29 is 13.9 Å². The molecule has 0 saturated heterocycles. The highest BCUT2D eigenvalue weighted by Crippen LogP contribution is 2.25. The van der Waals surface area contributed by atoms with Crippen molar-refractivity contribution >= 4 is 28.8 Å². The highest BCUT2D eigenvalue weighted by molar-refractivity contribution is 7.09.